The summed E-state index contributed by atoms with van der Waals surface area (Å²) >= 11 is 3.29. The van der Waals surface area contributed by atoms with Crippen molar-refractivity contribution in [3.05, 3.63) is 52.3 Å². The van der Waals surface area contributed by atoms with Gasteiger partial charge in [-0.25, -0.2) is 4.39 Å². The van der Waals surface area contributed by atoms with Gasteiger partial charge in [-0.3, -0.25) is 4.79 Å². The van der Waals surface area contributed by atoms with Crippen molar-refractivity contribution in [2.24, 2.45) is 0 Å². The molecule has 0 aromatic heterocycles. The Morgan fingerprint density at radius 2 is 2.05 bits per heavy atom. The van der Waals surface area contributed by atoms with E-state index in [0.717, 1.165) is 22.7 Å². The molecule has 4 nitrogen and oxygen atoms in total. The van der Waals surface area contributed by atoms with E-state index in [-0.39, 0.29) is 11.3 Å². The van der Waals surface area contributed by atoms with Crippen molar-refractivity contribution in [3.8, 4) is 11.5 Å². The topological polar surface area (TPSA) is 58.6 Å². The number of halogens is 2. The number of methoxy groups -OCH3 is 1. The Kier molecular flexibility index (Phi) is 4.24. The maximum absolute atomic E-state index is 13.1. The van der Waals surface area contributed by atoms with Crippen LogP contribution in [0.15, 0.2) is 40.9 Å². The van der Waals surface area contributed by atoms with Gasteiger partial charge in [-0.05, 0) is 30.3 Å². The maximum atomic E-state index is 13.1. The van der Waals surface area contributed by atoms with E-state index >= 15 is 0 Å². The van der Waals surface area contributed by atoms with E-state index in [4.69, 9.17) is 4.74 Å². The van der Waals surface area contributed by atoms with Crippen molar-refractivity contribution in [2.75, 3.05) is 12.4 Å². The number of aromatic hydroxyl groups is 1. The number of hydrogen-bond donors (Lipinski definition) is 2. The molecule has 0 aliphatic rings. The zero-order valence-corrected chi connectivity index (χ0v) is 12.1. The Labute approximate surface area is 123 Å². The highest BCUT2D eigenvalue weighted by atomic mass is 79.9. The molecule has 0 saturated carbocycles. The Bertz CT molecular complexity index is 661. The second kappa shape index (κ2) is 5.92. The van der Waals surface area contributed by atoms with Gasteiger partial charge >= 0.3 is 0 Å². The van der Waals surface area contributed by atoms with Gasteiger partial charge in [0.2, 0.25) is 0 Å². The van der Waals surface area contributed by atoms with Gasteiger partial charge in [0.1, 0.15) is 17.3 Å². The van der Waals surface area contributed by atoms with Crippen LogP contribution in [-0.4, -0.2) is 18.1 Å². The number of ether oxygens (including phenoxy) is 1. The normalized spacial score (nSPS) is 10.2. The monoisotopic (exact) mass is 339 g/mol. The Hall–Kier alpha value is -2.08. The minimum atomic E-state index is -0.609. The lowest BCUT2D eigenvalue weighted by molar-refractivity contribution is 0.102. The van der Waals surface area contributed by atoms with Crippen LogP contribution in [0, 0.1) is 5.82 Å². The number of carbonyl (C=O) groups excluding carboxylic acids is 1. The highest BCUT2D eigenvalue weighted by Crippen LogP contribution is 2.26. The molecule has 0 unspecified atom stereocenters. The van der Waals surface area contributed by atoms with E-state index in [1.165, 1.54) is 7.11 Å². The number of anilines is 1. The number of phenolic OH excluding ortho intramolecular Hbond substituents is 1. The average molecular weight is 340 g/mol. The summed E-state index contributed by atoms with van der Waals surface area (Å²) in [5, 5.41) is 12.1. The van der Waals surface area contributed by atoms with Crippen LogP contribution < -0.4 is 10.1 Å². The molecule has 0 fully saturated rings. The van der Waals surface area contributed by atoms with Gasteiger partial charge < -0.3 is 15.2 Å². The Morgan fingerprint density at radius 1 is 1.30 bits per heavy atom. The van der Waals surface area contributed by atoms with Crippen molar-refractivity contribution in [2.45, 2.75) is 0 Å². The first-order chi connectivity index (χ1) is 9.49. The van der Waals surface area contributed by atoms with Gasteiger partial charge in [0.05, 0.1) is 12.7 Å². The molecule has 0 aliphatic carbocycles. The third kappa shape index (κ3) is 3.27. The summed E-state index contributed by atoms with van der Waals surface area (Å²) in [6.07, 6.45) is 0. The average Bonchev–Trinajstić information content (AvgIpc) is 2.40. The van der Waals surface area contributed by atoms with Crippen molar-refractivity contribution in [1.29, 1.82) is 0 Å². The lowest BCUT2D eigenvalue weighted by atomic mass is 10.1. The van der Waals surface area contributed by atoms with Crippen LogP contribution in [0.5, 0.6) is 11.5 Å². The first-order valence-electron chi connectivity index (χ1n) is 5.64. The molecule has 0 spiro atoms. The van der Waals surface area contributed by atoms with Crippen LogP contribution >= 0.6 is 15.9 Å². The minimum Gasteiger partial charge on any atom is -0.507 e. The van der Waals surface area contributed by atoms with Crippen LogP contribution in [0.4, 0.5) is 10.1 Å². The molecule has 0 heterocycles. The highest BCUT2D eigenvalue weighted by molar-refractivity contribution is 9.10. The molecule has 1 amide bonds. The molecule has 2 aromatic carbocycles. The number of amides is 1. The van der Waals surface area contributed by atoms with Crippen molar-refractivity contribution in [3.63, 3.8) is 0 Å². The minimum absolute atomic E-state index is 0.135. The predicted molar refractivity (Wildman–Crippen MR) is 76.7 cm³/mol. The van der Waals surface area contributed by atoms with E-state index < -0.39 is 11.7 Å². The van der Waals surface area contributed by atoms with Crippen LogP contribution in [0.2, 0.25) is 0 Å². The third-order valence-electron chi connectivity index (χ3n) is 2.57. The number of rotatable bonds is 3. The van der Waals surface area contributed by atoms with Crippen LogP contribution in [0.25, 0.3) is 0 Å². The Morgan fingerprint density at radius 3 is 2.75 bits per heavy atom. The molecule has 20 heavy (non-hydrogen) atoms. The third-order valence-corrected chi connectivity index (χ3v) is 3.03. The predicted octanol–water partition coefficient (Wildman–Crippen LogP) is 3.55. The van der Waals surface area contributed by atoms with E-state index in [9.17, 15) is 14.3 Å². The summed E-state index contributed by atoms with van der Waals surface area (Å²) in [6.45, 7) is 0. The summed E-state index contributed by atoms with van der Waals surface area (Å²) in [5.74, 6) is -0.939. The van der Waals surface area contributed by atoms with Gasteiger partial charge in [0, 0.05) is 16.2 Å². The Balaban J connectivity index is 2.27. The molecule has 2 rings (SSSR count). The van der Waals surface area contributed by atoms with Crippen LogP contribution in [0.3, 0.4) is 0 Å². The molecule has 0 atom stereocenters. The highest BCUT2D eigenvalue weighted by Gasteiger charge is 2.13. The first-order valence-corrected chi connectivity index (χ1v) is 6.43. The first kappa shape index (κ1) is 14.3. The lowest BCUT2D eigenvalue weighted by Gasteiger charge is -2.09. The van der Waals surface area contributed by atoms with Crippen LogP contribution in [-0.2, 0) is 0 Å². The van der Waals surface area contributed by atoms with E-state index in [0.29, 0.717) is 11.4 Å². The van der Waals surface area contributed by atoms with E-state index in [1.54, 1.807) is 18.2 Å². The second-order valence-corrected chi connectivity index (χ2v) is 4.91. The smallest absolute Gasteiger partial charge is 0.259 e. The molecular formula is C14H11BrFNO3. The fraction of sp³-hybridized carbons (Fsp3) is 0.0714. The SMILES string of the molecule is COc1cc(Br)cc(NC(=O)c2cc(F)ccc2O)c1. The lowest BCUT2D eigenvalue weighted by Crippen LogP contribution is -2.12. The molecular weight excluding hydrogens is 329 g/mol. The maximum Gasteiger partial charge on any atom is 0.259 e. The van der Waals surface area contributed by atoms with E-state index in [1.807, 2.05) is 0 Å². The quantitative estimate of drug-likeness (QED) is 0.898. The van der Waals surface area contributed by atoms with Crippen LogP contribution in [0.1, 0.15) is 10.4 Å². The van der Waals surface area contributed by atoms with Gasteiger partial charge in [-0.2, -0.15) is 0 Å². The summed E-state index contributed by atoms with van der Waals surface area (Å²) < 4.78 is 18.9. The van der Waals surface area contributed by atoms with Crippen molar-refractivity contribution in [1.82, 2.24) is 0 Å². The summed E-state index contributed by atoms with van der Waals surface area (Å²) in [5.41, 5.74) is 0.328. The molecule has 0 bridgehead atoms. The molecule has 104 valence electrons. The summed E-state index contributed by atoms with van der Waals surface area (Å²) in [4.78, 5) is 12.0. The fourth-order valence-corrected chi connectivity index (χ4v) is 2.11. The number of benzene rings is 2. The van der Waals surface area contributed by atoms with Gasteiger partial charge in [-0.1, -0.05) is 15.9 Å². The van der Waals surface area contributed by atoms with Gasteiger partial charge in [-0.15, -0.1) is 0 Å². The molecule has 2 aromatic rings. The molecule has 0 saturated heterocycles. The zero-order chi connectivity index (χ0) is 14.7. The van der Waals surface area contributed by atoms with Crippen molar-refractivity contribution >= 4 is 27.5 Å². The van der Waals surface area contributed by atoms with Gasteiger partial charge in [0.15, 0.2) is 0 Å². The molecule has 2 N–H and O–H groups in total. The molecule has 6 heteroatoms. The number of carbonyl (C=O) groups is 1. The zero-order valence-electron chi connectivity index (χ0n) is 10.5. The van der Waals surface area contributed by atoms with Crippen molar-refractivity contribution < 1.29 is 19.0 Å². The number of phenols is 1. The fourth-order valence-electron chi connectivity index (χ4n) is 1.64. The van der Waals surface area contributed by atoms with E-state index in [2.05, 4.69) is 21.2 Å². The number of nitrogens with one attached hydrogen (secondary N) is 1. The molecule has 0 aliphatic heterocycles. The summed E-state index contributed by atoms with van der Waals surface area (Å²) in [6, 6.07) is 8.19. The standard InChI is InChI=1S/C14H11BrFNO3/c1-20-11-5-8(15)4-10(7-11)17-14(19)12-6-9(16)2-3-13(12)18/h2-7,18H,1H3,(H,17,19). The largest absolute Gasteiger partial charge is 0.507 e. The molecule has 0 radical (unpaired) electrons. The summed E-state index contributed by atoms with van der Waals surface area (Å²) in [7, 11) is 1.51. The van der Waals surface area contributed by atoms with Gasteiger partial charge in [0.25, 0.3) is 5.91 Å². The second-order valence-electron chi connectivity index (χ2n) is 4.00. The number of hydrogen-bond acceptors (Lipinski definition) is 3.